The van der Waals surface area contributed by atoms with Gasteiger partial charge >= 0.3 is 0 Å². The van der Waals surface area contributed by atoms with Gasteiger partial charge in [0.1, 0.15) is 11.6 Å². The predicted octanol–water partition coefficient (Wildman–Crippen LogP) is 4.41. The van der Waals surface area contributed by atoms with Crippen LogP contribution in [-0.4, -0.2) is 21.9 Å². The van der Waals surface area contributed by atoms with Crippen LogP contribution in [-0.2, 0) is 12.3 Å². The van der Waals surface area contributed by atoms with Crippen molar-refractivity contribution in [2.24, 2.45) is 0 Å². The van der Waals surface area contributed by atoms with Crippen LogP contribution in [0.15, 0.2) is 53.7 Å². The van der Waals surface area contributed by atoms with Crippen molar-refractivity contribution in [3.8, 4) is 17.1 Å². The molecule has 0 bridgehead atoms. The molecule has 0 saturated heterocycles. The molecule has 0 saturated carbocycles. The van der Waals surface area contributed by atoms with E-state index in [0.29, 0.717) is 11.3 Å². The first-order valence-electron chi connectivity index (χ1n) is 7.67. The Balaban J connectivity index is 1.89. The van der Waals surface area contributed by atoms with E-state index in [4.69, 9.17) is 4.74 Å². The summed E-state index contributed by atoms with van der Waals surface area (Å²) in [6.07, 6.45) is 0. The summed E-state index contributed by atoms with van der Waals surface area (Å²) >= 11 is 1.48. The largest absolute Gasteiger partial charge is 0.496 e. The lowest BCUT2D eigenvalue weighted by Gasteiger charge is -2.10. The molecule has 0 spiro atoms. The number of benzene rings is 2. The molecule has 3 aromatic rings. The zero-order valence-corrected chi connectivity index (χ0v) is 14.4. The number of rotatable bonds is 6. The van der Waals surface area contributed by atoms with Crippen molar-refractivity contribution in [1.82, 2.24) is 14.8 Å². The van der Waals surface area contributed by atoms with Crippen molar-refractivity contribution in [3.63, 3.8) is 0 Å². The lowest BCUT2D eigenvalue weighted by atomic mass is 10.2. The molecule has 0 aliphatic rings. The van der Waals surface area contributed by atoms with Gasteiger partial charge in [0.25, 0.3) is 0 Å². The molecular weight excluding hydrogens is 325 g/mol. The van der Waals surface area contributed by atoms with E-state index >= 15 is 0 Å². The Hall–Kier alpha value is -2.34. The number of thioether (sulfide) groups is 1. The summed E-state index contributed by atoms with van der Waals surface area (Å²) in [5.41, 5.74) is 1.55. The molecule has 3 rings (SSSR count). The third kappa shape index (κ3) is 3.28. The van der Waals surface area contributed by atoms with Gasteiger partial charge in [0.2, 0.25) is 0 Å². The SMILES string of the molecule is CCn1c(SCc2ccccc2F)nnc1-c1ccccc1OC. The van der Waals surface area contributed by atoms with Crippen LogP contribution in [0.2, 0.25) is 0 Å². The van der Waals surface area contributed by atoms with E-state index in [0.717, 1.165) is 28.8 Å². The zero-order valence-electron chi connectivity index (χ0n) is 13.6. The molecule has 0 fully saturated rings. The van der Waals surface area contributed by atoms with Gasteiger partial charge in [-0.1, -0.05) is 42.1 Å². The van der Waals surface area contributed by atoms with Crippen molar-refractivity contribution >= 4 is 11.8 Å². The van der Waals surface area contributed by atoms with E-state index in [9.17, 15) is 4.39 Å². The maximum absolute atomic E-state index is 13.8. The van der Waals surface area contributed by atoms with Gasteiger partial charge in [0, 0.05) is 12.3 Å². The Bertz CT molecular complexity index is 835. The highest BCUT2D eigenvalue weighted by Gasteiger charge is 2.16. The Labute approximate surface area is 144 Å². The van der Waals surface area contributed by atoms with Gasteiger partial charge in [-0.05, 0) is 30.7 Å². The smallest absolute Gasteiger partial charge is 0.191 e. The molecule has 0 aliphatic heterocycles. The number of ether oxygens (including phenoxy) is 1. The molecule has 4 nitrogen and oxygen atoms in total. The normalized spacial score (nSPS) is 10.8. The second-order valence-corrected chi connectivity index (χ2v) is 6.07. The quantitative estimate of drug-likeness (QED) is 0.622. The van der Waals surface area contributed by atoms with Gasteiger partial charge in [-0.25, -0.2) is 4.39 Å². The molecule has 2 aromatic carbocycles. The van der Waals surface area contributed by atoms with Crippen molar-refractivity contribution in [2.75, 3.05) is 7.11 Å². The average molecular weight is 343 g/mol. The van der Waals surface area contributed by atoms with Crippen LogP contribution in [0.1, 0.15) is 12.5 Å². The molecule has 124 valence electrons. The molecule has 1 heterocycles. The van der Waals surface area contributed by atoms with Crippen LogP contribution in [0.5, 0.6) is 5.75 Å². The zero-order chi connectivity index (χ0) is 16.9. The highest BCUT2D eigenvalue weighted by atomic mass is 32.2. The van der Waals surface area contributed by atoms with E-state index in [-0.39, 0.29) is 5.82 Å². The summed E-state index contributed by atoms with van der Waals surface area (Å²) in [5, 5.41) is 9.37. The lowest BCUT2D eigenvalue weighted by molar-refractivity contribution is 0.416. The van der Waals surface area contributed by atoms with E-state index in [1.807, 2.05) is 41.8 Å². The third-order valence-electron chi connectivity index (χ3n) is 3.70. The summed E-state index contributed by atoms with van der Waals surface area (Å²) in [7, 11) is 1.64. The maximum Gasteiger partial charge on any atom is 0.191 e. The van der Waals surface area contributed by atoms with Crippen LogP contribution in [0.3, 0.4) is 0 Å². The Morgan fingerprint density at radius 1 is 1.08 bits per heavy atom. The molecule has 24 heavy (non-hydrogen) atoms. The van der Waals surface area contributed by atoms with Crippen LogP contribution in [0.25, 0.3) is 11.4 Å². The van der Waals surface area contributed by atoms with E-state index in [2.05, 4.69) is 10.2 Å². The summed E-state index contributed by atoms with van der Waals surface area (Å²) in [6, 6.07) is 14.5. The molecule has 0 radical (unpaired) electrons. The fourth-order valence-corrected chi connectivity index (χ4v) is 3.46. The van der Waals surface area contributed by atoms with Gasteiger partial charge in [-0.2, -0.15) is 0 Å². The summed E-state index contributed by atoms with van der Waals surface area (Å²) in [5.74, 6) is 1.82. The second-order valence-electron chi connectivity index (χ2n) is 5.13. The van der Waals surface area contributed by atoms with E-state index in [1.165, 1.54) is 17.8 Å². The monoisotopic (exact) mass is 343 g/mol. The maximum atomic E-state index is 13.8. The number of nitrogens with zero attached hydrogens (tertiary/aromatic N) is 3. The van der Waals surface area contributed by atoms with Crippen molar-refractivity contribution in [1.29, 1.82) is 0 Å². The Morgan fingerprint density at radius 3 is 2.58 bits per heavy atom. The molecule has 0 N–H and O–H groups in total. The number of methoxy groups -OCH3 is 1. The number of hydrogen-bond acceptors (Lipinski definition) is 4. The lowest BCUT2D eigenvalue weighted by Crippen LogP contribution is -2.01. The first kappa shape index (κ1) is 16.5. The minimum absolute atomic E-state index is 0.197. The van der Waals surface area contributed by atoms with Crippen LogP contribution >= 0.6 is 11.8 Å². The van der Waals surface area contributed by atoms with Crippen LogP contribution in [0.4, 0.5) is 4.39 Å². The van der Waals surface area contributed by atoms with E-state index < -0.39 is 0 Å². The second kappa shape index (κ2) is 7.49. The van der Waals surface area contributed by atoms with Crippen molar-refractivity contribution in [3.05, 3.63) is 59.9 Å². The number of aromatic nitrogens is 3. The molecule has 6 heteroatoms. The highest BCUT2D eigenvalue weighted by Crippen LogP contribution is 2.31. The standard InChI is InChI=1S/C18H18FN3OS/c1-3-22-17(14-9-5-7-11-16(14)23-2)20-21-18(22)24-12-13-8-4-6-10-15(13)19/h4-11H,3,12H2,1-2H3. The summed E-state index contributed by atoms with van der Waals surface area (Å²) in [4.78, 5) is 0. The Morgan fingerprint density at radius 2 is 1.83 bits per heavy atom. The summed E-state index contributed by atoms with van der Waals surface area (Å²) < 4.78 is 21.2. The van der Waals surface area contributed by atoms with Gasteiger partial charge in [-0.15, -0.1) is 10.2 Å². The molecule has 1 aromatic heterocycles. The van der Waals surface area contributed by atoms with Crippen molar-refractivity contribution in [2.45, 2.75) is 24.4 Å². The molecular formula is C18H18FN3OS. The van der Waals surface area contributed by atoms with Gasteiger partial charge in [0.05, 0.1) is 12.7 Å². The number of hydrogen-bond donors (Lipinski definition) is 0. The average Bonchev–Trinajstić information content (AvgIpc) is 3.03. The van der Waals surface area contributed by atoms with Crippen LogP contribution < -0.4 is 4.74 Å². The first-order valence-corrected chi connectivity index (χ1v) is 8.66. The van der Waals surface area contributed by atoms with Gasteiger partial charge < -0.3 is 9.30 Å². The van der Waals surface area contributed by atoms with Gasteiger partial charge in [-0.3, -0.25) is 0 Å². The molecule has 0 aliphatic carbocycles. The number of para-hydroxylation sites is 1. The molecule has 0 atom stereocenters. The minimum Gasteiger partial charge on any atom is -0.496 e. The summed E-state index contributed by atoms with van der Waals surface area (Å²) in [6.45, 7) is 2.76. The Kier molecular flexibility index (Phi) is 5.15. The van der Waals surface area contributed by atoms with Crippen LogP contribution in [0, 0.1) is 5.82 Å². The third-order valence-corrected chi connectivity index (χ3v) is 4.71. The molecule has 0 unspecified atom stereocenters. The fraction of sp³-hybridized carbons (Fsp3) is 0.222. The predicted molar refractivity (Wildman–Crippen MR) is 93.6 cm³/mol. The first-order chi connectivity index (χ1) is 11.7. The minimum atomic E-state index is -0.197. The van der Waals surface area contributed by atoms with E-state index in [1.54, 1.807) is 19.2 Å². The number of halogens is 1. The molecule has 0 amide bonds. The fourth-order valence-electron chi connectivity index (χ4n) is 2.47. The van der Waals surface area contributed by atoms with Crippen molar-refractivity contribution < 1.29 is 9.13 Å². The topological polar surface area (TPSA) is 39.9 Å². The highest BCUT2D eigenvalue weighted by molar-refractivity contribution is 7.98. The van der Waals surface area contributed by atoms with Gasteiger partial charge in [0.15, 0.2) is 11.0 Å².